The Bertz CT molecular complexity index is 594. The van der Waals surface area contributed by atoms with E-state index in [1.165, 1.54) is 0 Å². The largest absolute Gasteiger partial charge is 0.491 e. The summed E-state index contributed by atoms with van der Waals surface area (Å²) < 4.78 is 39.8. The van der Waals surface area contributed by atoms with Gasteiger partial charge >= 0.3 is 18.1 Å². The van der Waals surface area contributed by atoms with Crippen LogP contribution >= 0.6 is 0 Å². The van der Waals surface area contributed by atoms with E-state index in [0.29, 0.717) is 0 Å². The maximum atomic E-state index is 12.2. The van der Waals surface area contributed by atoms with Crippen LogP contribution in [0.4, 0.5) is 13.2 Å². The average Bonchev–Trinajstić information content (AvgIpc) is 2.55. The lowest BCUT2D eigenvalue weighted by Crippen LogP contribution is -2.55. The SMILES string of the molecule is CC(C)[C@H](NC(=O)CNC(=O)CN)C(=O)N[C@@H](C)C(=O)OC(=O)C(F)(F)F. The van der Waals surface area contributed by atoms with Gasteiger partial charge in [-0.3, -0.25) is 14.4 Å². The number of halogens is 3. The summed E-state index contributed by atoms with van der Waals surface area (Å²) >= 11 is 0. The quantitative estimate of drug-likeness (QED) is 0.281. The Balaban J connectivity index is 4.79. The lowest BCUT2D eigenvalue weighted by Gasteiger charge is -2.23. The fourth-order valence-electron chi connectivity index (χ4n) is 1.61. The average molecular weight is 398 g/mol. The minimum Gasteiger partial charge on any atom is -0.385 e. The molecule has 5 N–H and O–H groups in total. The van der Waals surface area contributed by atoms with E-state index in [9.17, 15) is 37.1 Å². The molecule has 0 aromatic rings. The van der Waals surface area contributed by atoms with E-state index >= 15 is 0 Å². The molecule has 2 atom stereocenters. The Kier molecular flexibility index (Phi) is 9.40. The van der Waals surface area contributed by atoms with Crippen molar-refractivity contribution in [3.63, 3.8) is 0 Å². The Morgan fingerprint density at radius 1 is 1.00 bits per heavy atom. The van der Waals surface area contributed by atoms with Crippen molar-refractivity contribution in [2.75, 3.05) is 13.1 Å². The van der Waals surface area contributed by atoms with Gasteiger partial charge in [0.1, 0.15) is 12.1 Å². The normalized spacial score (nSPS) is 13.3. The fourth-order valence-corrected chi connectivity index (χ4v) is 1.61. The van der Waals surface area contributed by atoms with Crippen LogP contribution in [0.25, 0.3) is 0 Å². The molecule has 0 radical (unpaired) electrons. The number of carbonyl (C=O) groups is 5. The second-order valence-electron chi connectivity index (χ2n) is 5.71. The van der Waals surface area contributed by atoms with Gasteiger partial charge in [-0.25, -0.2) is 9.59 Å². The first kappa shape index (κ1) is 24.3. The van der Waals surface area contributed by atoms with Crippen LogP contribution in [0.1, 0.15) is 20.8 Å². The smallest absolute Gasteiger partial charge is 0.385 e. The standard InChI is InChI=1S/C14H21F3N4O6/c1-6(2)10(21-9(23)5-19-8(22)4-18)11(24)20-7(3)12(25)27-13(26)14(15,16)17/h6-7,10H,4-5,18H2,1-3H3,(H,19,22)(H,20,24)(H,21,23)/t7-,10-/m0/s1. The van der Waals surface area contributed by atoms with Crippen molar-refractivity contribution >= 4 is 29.7 Å². The van der Waals surface area contributed by atoms with Crippen LogP contribution in [-0.4, -0.2) is 61.0 Å². The summed E-state index contributed by atoms with van der Waals surface area (Å²) in [7, 11) is 0. The summed E-state index contributed by atoms with van der Waals surface area (Å²) in [6.07, 6.45) is -5.36. The van der Waals surface area contributed by atoms with E-state index in [1.807, 2.05) is 5.32 Å². The van der Waals surface area contributed by atoms with E-state index in [1.54, 1.807) is 13.8 Å². The van der Waals surface area contributed by atoms with E-state index in [0.717, 1.165) is 6.92 Å². The third-order valence-corrected chi connectivity index (χ3v) is 3.03. The van der Waals surface area contributed by atoms with Crippen LogP contribution in [0.5, 0.6) is 0 Å². The van der Waals surface area contributed by atoms with Crippen molar-refractivity contribution in [1.82, 2.24) is 16.0 Å². The molecule has 154 valence electrons. The van der Waals surface area contributed by atoms with E-state index in [-0.39, 0.29) is 6.54 Å². The number of nitrogens with two attached hydrogens (primary N) is 1. The highest BCUT2D eigenvalue weighted by Gasteiger charge is 2.43. The fraction of sp³-hybridized carbons (Fsp3) is 0.643. The van der Waals surface area contributed by atoms with Crippen LogP contribution in [0.2, 0.25) is 0 Å². The lowest BCUT2D eigenvalue weighted by atomic mass is 10.0. The van der Waals surface area contributed by atoms with Crippen LogP contribution in [0.15, 0.2) is 0 Å². The number of hydrogen-bond donors (Lipinski definition) is 4. The monoisotopic (exact) mass is 398 g/mol. The first-order valence-corrected chi connectivity index (χ1v) is 7.68. The molecule has 0 spiro atoms. The maximum Gasteiger partial charge on any atom is 0.491 e. The summed E-state index contributed by atoms with van der Waals surface area (Å²) in [6, 6.07) is -2.75. The molecule has 10 nitrogen and oxygen atoms in total. The molecule has 0 fully saturated rings. The first-order valence-electron chi connectivity index (χ1n) is 7.68. The third-order valence-electron chi connectivity index (χ3n) is 3.03. The minimum absolute atomic E-state index is 0.336. The van der Waals surface area contributed by atoms with E-state index < -0.39 is 60.4 Å². The number of hydrogen-bond acceptors (Lipinski definition) is 7. The van der Waals surface area contributed by atoms with Crippen LogP contribution in [-0.2, 0) is 28.7 Å². The van der Waals surface area contributed by atoms with Gasteiger partial charge in [-0.05, 0) is 12.8 Å². The molecule has 0 bridgehead atoms. The summed E-state index contributed by atoms with van der Waals surface area (Å²) in [6.45, 7) is 3.32. The number of esters is 2. The predicted octanol–water partition coefficient (Wildman–Crippen LogP) is -1.66. The second-order valence-corrected chi connectivity index (χ2v) is 5.71. The molecule has 0 aromatic carbocycles. The topological polar surface area (TPSA) is 157 Å². The zero-order valence-corrected chi connectivity index (χ0v) is 14.8. The molecule has 0 aliphatic rings. The van der Waals surface area contributed by atoms with Crippen molar-refractivity contribution in [3.05, 3.63) is 0 Å². The molecule has 13 heteroatoms. The maximum absolute atomic E-state index is 12.2. The highest BCUT2D eigenvalue weighted by atomic mass is 19.4. The molecule has 0 rings (SSSR count). The number of ether oxygens (including phenoxy) is 1. The Hall–Kier alpha value is -2.70. The predicted molar refractivity (Wildman–Crippen MR) is 83.6 cm³/mol. The number of alkyl halides is 3. The first-order chi connectivity index (χ1) is 12.3. The molecule has 0 heterocycles. The molecular formula is C14H21F3N4O6. The molecule has 0 aromatic heterocycles. The van der Waals surface area contributed by atoms with Gasteiger partial charge in [0.2, 0.25) is 17.7 Å². The highest BCUT2D eigenvalue weighted by molar-refractivity contribution is 5.95. The zero-order chi connectivity index (χ0) is 21.4. The molecule has 27 heavy (non-hydrogen) atoms. The van der Waals surface area contributed by atoms with Gasteiger partial charge in [0.25, 0.3) is 0 Å². The number of rotatable bonds is 8. The van der Waals surface area contributed by atoms with E-state index in [2.05, 4.69) is 15.4 Å². The van der Waals surface area contributed by atoms with Crippen molar-refractivity contribution in [2.24, 2.45) is 11.7 Å². The molecule has 0 saturated heterocycles. The summed E-state index contributed by atoms with van der Waals surface area (Å²) in [5.74, 6) is -7.02. The summed E-state index contributed by atoms with van der Waals surface area (Å²) in [5, 5.41) is 6.53. The van der Waals surface area contributed by atoms with Crippen molar-refractivity contribution in [1.29, 1.82) is 0 Å². The van der Waals surface area contributed by atoms with Crippen LogP contribution in [0.3, 0.4) is 0 Å². The molecule has 3 amide bonds. The molecule has 0 saturated carbocycles. The Morgan fingerprint density at radius 3 is 2.00 bits per heavy atom. The van der Waals surface area contributed by atoms with Crippen LogP contribution < -0.4 is 21.7 Å². The third kappa shape index (κ3) is 8.99. The highest BCUT2D eigenvalue weighted by Crippen LogP contribution is 2.16. The van der Waals surface area contributed by atoms with Crippen molar-refractivity contribution in [2.45, 2.75) is 39.0 Å². The van der Waals surface area contributed by atoms with Gasteiger partial charge in [-0.15, -0.1) is 0 Å². The van der Waals surface area contributed by atoms with Gasteiger partial charge in [0.05, 0.1) is 13.1 Å². The van der Waals surface area contributed by atoms with Gasteiger partial charge in [0.15, 0.2) is 0 Å². The minimum atomic E-state index is -5.36. The Morgan fingerprint density at radius 2 is 1.56 bits per heavy atom. The van der Waals surface area contributed by atoms with Crippen molar-refractivity contribution < 1.29 is 41.9 Å². The molecule has 0 unspecified atom stereocenters. The van der Waals surface area contributed by atoms with E-state index in [4.69, 9.17) is 5.73 Å². The molecule has 0 aliphatic carbocycles. The number of amides is 3. The number of nitrogens with one attached hydrogen (secondary N) is 3. The van der Waals surface area contributed by atoms with Gasteiger partial charge in [-0.2, -0.15) is 13.2 Å². The molecule has 0 aliphatic heterocycles. The molecular weight excluding hydrogens is 377 g/mol. The second kappa shape index (κ2) is 10.4. The van der Waals surface area contributed by atoms with Crippen LogP contribution in [0, 0.1) is 5.92 Å². The van der Waals surface area contributed by atoms with Crippen molar-refractivity contribution in [3.8, 4) is 0 Å². The number of carbonyl (C=O) groups excluding carboxylic acids is 5. The van der Waals surface area contributed by atoms with Gasteiger partial charge in [-0.1, -0.05) is 13.8 Å². The van der Waals surface area contributed by atoms with Gasteiger partial charge in [0, 0.05) is 0 Å². The lowest BCUT2D eigenvalue weighted by molar-refractivity contribution is -0.202. The van der Waals surface area contributed by atoms with Gasteiger partial charge < -0.3 is 26.4 Å². The Labute approximate surface area is 152 Å². The summed E-state index contributed by atoms with van der Waals surface area (Å²) in [4.78, 5) is 57.0. The summed E-state index contributed by atoms with van der Waals surface area (Å²) in [5.41, 5.74) is 5.05. The zero-order valence-electron chi connectivity index (χ0n) is 14.8.